The van der Waals surface area contributed by atoms with Crippen LogP contribution in [0.5, 0.6) is 0 Å². The van der Waals surface area contributed by atoms with E-state index in [1.165, 1.54) is 0 Å². The predicted octanol–water partition coefficient (Wildman–Crippen LogP) is 2.46. The highest BCUT2D eigenvalue weighted by atomic mass is 16.2. The number of amides is 2. The van der Waals surface area contributed by atoms with E-state index in [1.54, 1.807) is 24.9 Å². The third-order valence-electron chi connectivity index (χ3n) is 5.28. The number of pyridine rings is 1. The van der Waals surface area contributed by atoms with E-state index in [0.717, 1.165) is 11.5 Å². The van der Waals surface area contributed by atoms with Gasteiger partial charge < -0.3 is 20.0 Å². The minimum Gasteiger partial charge on any atom is -0.378 e. The zero-order valence-corrected chi connectivity index (χ0v) is 17.6. The fourth-order valence-corrected chi connectivity index (χ4v) is 3.30. The van der Waals surface area contributed by atoms with Crippen molar-refractivity contribution in [2.24, 2.45) is 5.41 Å². The van der Waals surface area contributed by atoms with E-state index in [0.29, 0.717) is 31.9 Å². The summed E-state index contributed by atoms with van der Waals surface area (Å²) in [6.45, 7) is 5.92. The molecule has 1 aliphatic heterocycles. The zero-order chi connectivity index (χ0) is 21.0. The first-order valence-electron chi connectivity index (χ1n) is 9.83. The van der Waals surface area contributed by atoms with Gasteiger partial charge in [-0.3, -0.25) is 9.59 Å². The van der Waals surface area contributed by atoms with Crippen molar-refractivity contribution in [2.45, 2.75) is 13.8 Å². The molecule has 2 amide bonds. The number of piperazine rings is 1. The highest BCUT2D eigenvalue weighted by molar-refractivity contribution is 6.09. The minimum absolute atomic E-state index is 0.152. The van der Waals surface area contributed by atoms with Gasteiger partial charge in [-0.05, 0) is 50.2 Å². The number of nitrogens with zero attached hydrogens (tertiary/aromatic N) is 4. The summed E-state index contributed by atoms with van der Waals surface area (Å²) >= 11 is 0. The van der Waals surface area contributed by atoms with E-state index in [9.17, 15) is 9.59 Å². The number of carbonyl (C=O) groups is 2. The van der Waals surface area contributed by atoms with E-state index in [1.807, 2.05) is 61.5 Å². The van der Waals surface area contributed by atoms with E-state index in [-0.39, 0.29) is 11.8 Å². The first-order valence-corrected chi connectivity index (χ1v) is 9.83. The van der Waals surface area contributed by atoms with Gasteiger partial charge in [0.25, 0.3) is 0 Å². The molecule has 1 saturated heterocycles. The normalized spacial score (nSPS) is 14.5. The quantitative estimate of drug-likeness (QED) is 0.788. The zero-order valence-electron chi connectivity index (χ0n) is 17.6. The van der Waals surface area contributed by atoms with Crippen LogP contribution < -0.4 is 15.1 Å². The number of rotatable bonds is 5. The Hall–Kier alpha value is -3.09. The van der Waals surface area contributed by atoms with E-state index < -0.39 is 5.41 Å². The number of carbonyl (C=O) groups excluding carboxylic acids is 2. The molecule has 1 aliphatic rings. The SMILES string of the molecule is CN(C)c1ccc(NC(=O)C(C)(C)C(=O)N2CCN(c3ccccn3)CC2)cc1. The topological polar surface area (TPSA) is 68.8 Å². The van der Waals surface area contributed by atoms with Crippen LogP contribution in [-0.2, 0) is 9.59 Å². The third-order valence-corrected chi connectivity index (χ3v) is 5.28. The largest absolute Gasteiger partial charge is 0.378 e. The second kappa shape index (κ2) is 8.51. The Morgan fingerprint density at radius 1 is 1.00 bits per heavy atom. The van der Waals surface area contributed by atoms with Crippen molar-refractivity contribution in [2.75, 3.05) is 55.4 Å². The Morgan fingerprint density at radius 2 is 1.66 bits per heavy atom. The van der Waals surface area contributed by atoms with Crippen LogP contribution in [0.3, 0.4) is 0 Å². The van der Waals surface area contributed by atoms with Gasteiger partial charge in [0.15, 0.2) is 0 Å². The number of hydrogen-bond donors (Lipinski definition) is 1. The summed E-state index contributed by atoms with van der Waals surface area (Å²) < 4.78 is 0. The van der Waals surface area contributed by atoms with Gasteiger partial charge in [-0.15, -0.1) is 0 Å². The maximum Gasteiger partial charge on any atom is 0.239 e. The number of aromatic nitrogens is 1. The molecule has 0 aliphatic carbocycles. The first kappa shape index (κ1) is 20.6. The average Bonchev–Trinajstić information content (AvgIpc) is 2.74. The van der Waals surface area contributed by atoms with Crippen molar-refractivity contribution < 1.29 is 9.59 Å². The van der Waals surface area contributed by atoms with Crippen molar-refractivity contribution in [3.8, 4) is 0 Å². The molecule has 29 heavy (non-hydrogen) atoms. The Balaban J connectivity index is 1.59. The van der Waals surface area contributed by atoms with Gasteiger partial charge in [-0.25, -0.2) is 4.98 Å². The van der Waals surface area contributed by atoms with Gasteiger partial charge >= 0.3 is 0 Å². The molecule has 1 N–H and O–H groups in total. The van der Waals surface area contributed by atoms with Crippen LogP contribution >= 0.6 is 0 Å². The molecule has 2 aromatic rings. The minimum atomic E-state index is -1.15. The molecule has 3 rings (SSSR count). The summed E-state index contributed by atoms with van der Waals surface area (Å²) in [6.07, 6.45) is 1.77. The van der Waals surface area contributed by atoms with Crippen molar-refractivity contribution in [3.63, 3.8) is 0 Å². The molecule has 7 heteroatoms. The average molecular weight is 396 g/mol. The fourth-order valence-electron chi connectivity index (χ4n) is 3.30. The lowest BCUT2D eigenvalue weighted by molar-refractivity contribution is -0.146. The van der Waals surface area contributed by atoms with Crippen LogP contribution in [0.2, 0.25) is 0 Å². The van der Waals surface area contributed by atoms with Crippen LogP contribution in [-0.4, -0.2) is 62.0 Å². The van der Waals surface area contributed by atoms with Crippen molar-refractivity contribution in [1.82, 2.24) is 9.88 Å². The van der Waals surface area contributed by atoms with Crippen molar-refractivity contribution >= 4 is 29.0 Å². The van der Waals surface area contributed by atoms with Gasteiger partial charge in [-0.2, -0.15) is 0 Å². The summed E-state index contributed by atoms with van der Waals surface area (Å²) in [7, 11) is 3.92. The number of hydrogen-bond acceptors (Lipinski definition) is 5. The summed E-state index contributed by atoms with van der Waals surface area (Å²) in [5.41, 5.74) is 0.582. The van der Waals surface area contributed by atoms with Crippen LogP contribution in [0.4, 0.5) is 17.2 Å². The maximum absolute atomic E-state index is 13.1. The van der Waals surface area contributed by atoms with Gasteiger partial charge in [-0.1, -0.05) is 6.07 Å². The Kier molecular flexibility index (Phi) is 6.06. The van der Waals surface area contributed by atoms with Gasteiger partial charge in [0.1, 0.15) is 11.2 Å². The molecule has 0 saturated carbocycles. The molecule has 0 unspecified atom stereocenters. The first-order chi connectivity index (χ1) is 13.8. The smallest absolute Gasteiger partial charge is 0.239 e. The van der Waals surface area contributed by atoms with E-state index >= 15 is 0 Å². The standard InChI is InChI=1S/C22H29N5O2/c1-22(2,20(28)24-17-8-10-18(11-9-17)25(3)4)21(29)27-15-13-26(14-16-27)19-7-5-6-12-23-19/h5-12H,13-16H2,1-4H3,(H,24,28). The number of anilines is 3. The Labute approximate surface area is 172 Å². The molecule has 0 radical (unpaired) electrons. The Bertz CT molecular complexity index is 841. The van der Waals surface area contributed by atoms with Crippen LogP contribution in [0.1, 0.15) is 13.8 Å². The van der Waals surface area contributed by atoms with E-state index in [2.05, 4.69) is 15.2 Å². The maximum atomic E-state index is 13.1. The molecule has 1 aromatic carbocycles. The lowest BCUT2D eigenvalue weighted by Crippen LogP contribution is -2.54. The van der Waals surface area contributed by atoms with E-state index in [4.69, 9.17) is 0 Å². The second-order valence-corrected chi connectivity index (χ2v) is 7.99. The summed E-state index contributed by atoms with van der Waals surface area (Å²) in [6, 6.07) is 13.4. The highest BCUT2D eigenvalue weighted by Crippen LogP contribution is 2.24. The van der Waals surface area contributed by atoms with Crippen LogP contribution in [0, 0.1) is 5.41 Å². The second-order valence-electron chi connectivity index (χ2n) is 7.99. The molecule has 1 fully saturated rings. The van der Waals surface area contributed by atoms with Crippen molar-refractivity contribution in [1.29, 1.82) is 0 Å². The van der Waals surface area contributed by atoms with Crippen LogP contribution in [0.25, 0.3) is 0 Å². The fraction of sp³-hybridized carbons (Fsp3) is 0.409. The highest BCUT2D eigenvalue weighted by Gasteiger charge is 2.40. The molecular formula is C22H29N5O2. The molecule has 1 aromatic heterocycles. The Morgan fingerprint density at radius 3 is 2.21 bits per heavy atom. The third kappa shape index (κ3) is 4.67. The monoisotopic (exact) mass is 395 g/mol. The van der Waals surface area contributed by atoms with Gasteiger partial charge in [0.2, 0.25) is 11.8 Å². The van der Waals surface area contributed by atoms with Gasteiger partial charge in [0, 0.05) is 57.8 Å². The molecule has 7 nitrogen and oxygen atoms in total. The summed E-state index contributed by atoms with van der Waals surface area (Å²) in [5, 5.41) is 2.88. The lowest BCUT2D eigenvalue weighted by Gasteiger charge is -2.38. The molecular weight excluding hydrogens is 366 g/mol. The molecule has 154 valence electrons. The summed E-state index contributed by atoms with van der Waals surface area (Å²) in [4.78, 5) is 36.2. The molecule has 2 heterocycles. The van der Waals surface area contributed by atoms with Crippen LogP contribution in [0.15, 0.2) is 48.7 Å². The predicted molar refractivity (Wildman–Crippen MR) is 116 cm³/mol. The van der Waals surface area contributed by atoms with Crippen molar-refractivity contribution in [3.05, 3.63) is 48.7 Å². The lowest BCUT2D eigenvalue weighted by atomic mass is 9.89. The summed E-state index contributed by atoms with van der Waals surface area (Å²) in [5.74, 6) is 0.464. The molecule has 0 atom stereocenters. The molecule has 0 spiro atoms. The number of benzene rings is 1. The van der Waals surface area contributed by atoms with Gasteiger partial charge in [0.05, 0.1) is 0 Å². The molecule has 0 bridgehead atoms. The number of nitrogens with one attached hydrogen (secondary N) is 1.